The average molecular weight is 534 g/mol. The van der Waals surface area contributed by atoms with Crippen LogP contribution < -0.4 is 5.56 Å². The van der Waals surface area contributed by atoms with E-state index in [0.29, 0.717) is 31.5 Å². The van der Waals surface area contributed by atoms with Gasteiger partial charge in [-0.1, -0.05) is 68.7 Å². The lowest BCUT2D eigenvalue weighted by atomic mass is 10.1. The summed E-state index contributed by atoms with van der Waals surface area (Å²) in [6.45, 7) is 0. The molecule has 0 atom stereocenters. The van der Waals surface area contributed by atoms with Gasteiger partial charge in [-0.15, -0.1) is 15.3 Å². The second-order valence-electron chi connectivity index (χ2n) is 6.64. The summed E-state index contributed by atoms with van der Waals surface area (Å²) in [5.74, 6) is 1.26. The zero-order valence-corrected chi connectivity index (χ0v) is 19.5. The number of fused-ring (bicyclic) bond motifs is 1. The van der Waals surface area contributed by atoms with Crippen LogP contribution in [0.2, 0.25) is 10.0 Å². The Bertz CT molecular complexity index is 1480. The van der Waals surface area contributed by atoms with E-state index < -0.39 is 0 Å². The topological polar surface area (TPSA) is 73.3 Å². The maximum absolute atomic E-state index is 12.9. The molecular weight excluding hydrogens is 523 g/mol. The van der Waals surface area contributed by atoms with Gasteiger partial charge in [0.1, 0.15) is 11.5 Å². The minimum Gasteiger partial charge on any atom is -0.454 e. The second kappa shape index (κ2) is 8.20. The van der Waals surface area contributed by atoms with Gasteiger partial charge in [0.05, 0.1) is 0 Å². The van der Waals surface area contributed by atoms with Gasteiger partial charge >= 0.3 is 0 Å². The lowest BCUT2D eigenvalue weighted by molar-refractivity contribution is 0.595. The largest absolute Gasteiger partial charge is 0.454 e. The summed E-state index contributed by atoms with van der Waals surface area (Å²) in [7, 11) is 0. The molecule has 0 aliphatic heterocycles. The molecule has 0 saturated heterocycles. The van der Waals surface area contributed by atoms with Crippen LogP contribution in [0.25, 0.3) is 27.1 Å². The van der Waals surface area contributed by atoms with Gasteiger partial charge in [0.25, 0.3) is 5.56 Å². The van der Waals surface area contributed by atoms with Gasteiger partial charge in [-0.25, -0.2) is 0 Å². The third kappa shape index (κ3) is 4.04. The van der Waals surface area contributed by atoms with Crippen molar-refractivity contribution in [3.63, 3.8) is 0 Å². The van der Waals surface area contributed by atoms with Crippen LogP contribution in [0.5, 0.6) is 0 Å². The summed E-state index contributed by atoms with van der Waals surface area (Å²) in [5, 5.41) is 14.2. The lowest BCUT2D eigenvalue weighted by Gasteiger charge is -2.03. The molecule has 5 aromatic rings. The fourth-order valence-corrected chi connectivity index (χ4v) is 4.56. The molecule has 0 N–H and O–H groups in total. The molecule has 154 valence electrons. The van der Waals surface area contributed by atoms with Crippen molar-refractivity contribution in [2.75, 3.05) is 0 Å². The number of furan rings is 1. The summed E-state index contributed by atoms with van der Waals surface area (Å²) in [4.78, 5) is 13.3. The van der Waals surface area contributed by atoms with Crippen LogP contribution in [0.1, 0.15) is 11.3 Å². The third-order valence-electron chi connectivity index (χ3n) is 4.57. The zero-order valence-electron chi connectivity index (χ0n) is 15.6. The Morgan fingerprint density at radius 3 is 2.55 bits per heavy atom. The minimum atomic E-state index is -0.349. The van der Waals surface area contributed by atoms with Crippen molar-refractivity contribution in [2.45, 2.75) is 6.42 Å². The number of benzene rings is 2. The molecule has 2 aromatic carbocycles. The zero-order chi connectivity index (χ0) is 21.5. The molecule has 0 radical (unpaired) electrons. The monoisotopic (exact) mass is 532 g/mol. The van der Waals surface area contributed by atoms with Crippen LogP contribution >= 0.6 is 50.5 Å². The third-order valence-corrected chi connectivity index (χ3v) is 6.60. The normalized spacial score (nSPS) is 11.3. The lowest BCUT2D eigenvalue weighted by Crippen LogP contribution is -2.22. The van der Waals surface area contributed by atoms with E-state index >= 15 is 0 Å². The number of rotatable bonds is 4. The van der Waals surface area contributed by atoms with E-state index in [1.807, 2.05) is 36.4 Å². The molecule has 0 spiro atoms. The first-order valence-electron chi connectivity index (χ1n) is 9.03. The molecule has 0 unspecified atom stereocenters. The van der Waals surface area contributed by atoms with Crippen LogP contribution in [0.4, 0.5) is 0 Å². The van der Waals surface area contributed by atoms with Crippen molar-refractivity contribution in [2.24, 2.45) is 0 Å². The molecule has 0 aliphatic carbocycles. The fourth-order valence-electron chi connectivity index (χ4n) is 3.03. The fraction of sp³-hybridized carbons (Fsp3) is 0.0476. The Morgan fingerprint density at radius 1 is 1.00 bits per heavy atom. The van der Waals surface area contributed by atoms with Crippen LogP contribution in [0, 0.1) is 0 Å². The molecule has 3 heterocycles. The van der Waals surface area contributed by atoms with Crippen molar-refractivity contribution in [1.29, 1.82) is 0 Å². The minimum absolute atomic E-state index is 0.228. The van der Waals surface area contributed by atoms with Gasteiger partial charge in [-0.2, -0.15) is 4.52 Å². The molecule has 6 nitrogen and oxygen atoms in total. The quantitative estimate of drug-likeness (QED) is 0.277. The van der Waals surface area contributed by atoms with E-state index in [4.69, 9.17) is 27.6 Å². The number of aromatic nitrogens is 4. The molecule has 0 amide bonds. The molecule has 0 aliphatic rings. The van der Waals surface area contributed by atoms with Crippen LogP contribution in [0.3, 0.4) is 0 Å². The Hall–Kier alpha value is -2.52. The smallest absolute Gasteiger partial charge is 0.297 e. The number of halogens is 3. The van der Waals surface area contributed by atoms with Crippen molar-refractivity contribution in [3.8, 4) is 22.1 Å². The van der Waals surface area contributed by atoms with Gasteiger partial charge in [0.2, 0.25) is 4.96 Å². The first-order valence-corrected chi connectivity index (χ1v) is 11.4. The molecule has 31 heavy (non-hydrogen) atoms. The number of hydrogen-bond donors (Lipinski definition) is 0. The van der Waals surface area contributed by atoms with E-state index in [9.17, 15) is 4.79 Å². The SMILES string of the molecule is O=c1c(Cc2ccc(Cl)cc2Cl)nnc2sc(-c3ccc(-c4ccc(Br)cc4)o3)nn12. The van der Waals surface area contributed by atoms with Crippen LogP contribution in [-0.2, 0) is 6.42 Å². The van der Waals surface area contributed by atoms with Crippen molar-refractivity contribution in [3.05, 3.63) is 90.7 Å². The molecule has 3 aromatic heterocycles. The molecule has 0 bridgehead atoms. The maximum Gasteiger partial charge on any atom is 0.297 e. The summed E-state index contributed by atoms with van der Waals surface area (Å²) < 4.78 is 8.19. The second-order valence-corrected chi connectivity index (χ2v) is 9.35. The Labute approximate surface area is 198 Å². The molecular formula is C21H11BrCl2N4O2S. The summed E-state index contributed by atoms with van der Waals surface area (Å²) in [6, 6.07) is 16.6. The van der Waals surface area contributed by atoms with Gasteiger partial charge in [0.15, 0.2) is 10.8 Å². The predicted octanol–water partition coefficient (Wildman–Crippen LogP) is 6.13. The van der Waals surface area contributed by atoms with Gasteiger partial charge in [-0.05, 0) is 42.0 Å². The standard InChI is InChI=1S/C21H11BrCl2N4O2S/c22-13-4-1-11(2-5-13)17-7-8-18(30-17)19-27-28-20(29)16(25-26-21(28)31-19)9-12-3-6-14(23)10-15(12)24/h1-8,10H,9H2. The Balaban J connectivity index is 1.49. The first kappa shape index (κ1) is 20.4. The average Bonchev–Trinajstić information content (AvgIpc) is 3.40. The van der Waals surface area contributed by atoms with Gasteiger partial charge < -0.3 is 4.42 Å². The van der Waals surface area contributed by atoms with E-state index in [1.54, 1.807) is 18.2 Å². The first-order chi connectivity index (χ1) is 15.0. The Morgan fingerprint density at radius 2 is 1.77 bits per heavy atom. The summed E-state index contributed by atoms with van der Waals surface area (Å²) in [5.41, 5.74) is 1.57. The van der Waals surface area contributed by atoms with E-state index in [0.717, 1.165) is 15.6 Å². The number of hydrogen-bond acceptors (Lipinski definition) is 6. The van der Waals surface area contributed by atoms with Crippen molar-refractivity contribution in [1.82, 2.24) is 19.8 Å². The van der Waals surface area contributed by atoms with Crippen LogP contribution in [0.15, 0.2) is 68.3 Å². The van der Waals surface area contributed by atoms with Gasteiger partial charge in [-0.3, -0.25) is 4.79 Å². The van der Waals surface area contributed by atoms with Gasteiger partial charge in [0, 0.05) is 26.5 Å². The molecule has 0 fully saturated rings. The number of nitrogens with zero attached hydrogens (tertiary/aromatic N) is 4. The highest BCUT2D eigenvalue weighted by molar-refractivity contribution is 9.10. The highest BCUT2D eigenvalue weighted by Gasteiger charge is 2.17. The predicted molar refractivity (Wildman–Crippen MR) is 125 cm³/mol. The highest BCUT2D eigenvalue weighted by atomic mass is 79.9. The molecule has 10 heteroatoms. The molecule has 0 saturated carbocycles. The van der Waals surface area contributed by atoms with Crippen LogP contribution in [-0.4, -0.2) is 19.8 Å². The highest BCUT2D eigenvalue weighted by Crippen LogP contribution is 2.31. The summed E-state index contributed by atoms with van der Waals surface area (Å²) in [6.07, 6.45) is 0.228. The van der Waals surface area contributed by atoms with Crippen molar-refractivity contribution >= 4 is 55.4 Å². The maximum atomic E-state index is 12.9. The van der Waals surface area contributed by atoms with Crippen molar-refractivity contribution < 1.29 is 4.42 Å². The Kier molecular flexibility index (Phi) is 5.39. The molecule has 5 rings (SSSR count). The summed E-state index contributed by atoms with van der Waals surface area (Å²) >= 11 is 16.8. The van der Waals surface area contributed by atoms with E-state index in [2.05, 4.69) is 31.2 Å². The van der Waals surface area contributed by atoms with E-state index in [-0.39, 0.29) is 17.7 Å². The van der Waals surface area contributed by atoms with E-state index in [1.165, 1.54) is 15.9 Å².